The van der Waals surface area contributed by atoms with Crippen LogP contribution in [0.15, 0.2) is 12.1 Å². The van der Waals surface area contributed by atoms with Crippen molar-refractivity contribution < 1.29 is 19.3 Å². The molecular weight excluding hydrogens is 281 g/mol. The molecule has 0 aliphatic heterocycles. The lowest BCUT2D eigenvalue weighted by Gasteiger charge is -2.08. The van der Waals surface area contributed by atoms with E-state index >= 15 is 0 Å². The Hall–Kier alpha value is -2.38. The van der Waals surface area contributed by atoms with E-state index in [1.165, 1.54) is 19.2 Å². The summed E-state index contributed by atoms with van der Waals surface area (Å²) in [4.78, 5) is 20.5. The van der Waals surface area contributed by atoms with Crippen molar-refractivity contribution in [3.8, 4) is 11.5 Å². The van der Waals surface area contributed by atoms with E-state index in [0.29, 0.717) is 0 Å². The second-order valence-corrected chi connectivity index (χ2v) is 4.39. The van der Waals surface area contributed by atoms with E-state index in [-0.39, 0.29) is 18.1 Å². The van der Waals surface area contributed by atoms with Crippen LogP contribution in [-0.2, 0) is 0 Å². The fourth-order valence-corrected chi connectivity index (χ4v) is 1.89. The van der Waals surface area contributed by atoms with Crippen molar-refractivity contribution >= 4 is 11.4 Å². The molecule has 0 aliphatic carbocycles. The van der Waals surface area contributed by atoms with Crippen molar-refractivity contribution in [2.75, 3.05) is 13.7 Å². The molecule has 1 rings (SSSR count). The van der Waals surface area contributed by atoms with Gasteiger partial charge in [-0.1, -0.05) is 26.2 Å². The lowest BCUT2D eigenvalue weighted by molar-refractivity contribution is -0.423. The van der Waals surface area contributed by atoms with Crippen molar-refractivity contribution in [1.82, 2.24) is 0 Å². The summed E-state index contributed by atoms with van der Waals surface area (Å²) in [6, 6.07) is 2.62. The molecule has 0 saturated heterocycles. The Morgan fingerprint density at radius 2 is 1.57 bits per heavy atom. The van der Waals surface area contributed by atoms with Crippen molar-refractivity contribution in [3.63, 3.8) is 0 Å². The van der Waals surface area contributed by atoms with Crippen molar-refractivity contribution in [1.29, 1.82) is 0 Å². The SMILES string of the molecule is CCCCCCOc1ccc(OC)c([N+](=O)[O-])c1[15N+](=O)[O-]. The van der Waals surface area contributed by atoms with Gasteiger partial charge in [-0.15, -0.1) is 0 Å². The summed E-state index contributed by atoms with van der Waals surface area (Å²) >= 11 is 0. The summed E-state index contributed by atoms with van der Waals surface area (Å²) in [7, 11) is 1.22. The van der Waals surface area contributed by atoms with E-state index in [9.17, 15) is 20.2 Å². The quantitative estimate of drug-likeness (QED) is 0.299. The van der Waals surface area contributed by atoms with E-state index in [4.69, 9.17) is 9.47 Å². The zero-order valence-corrected chi connectivity index (χ0v) is 12.0. The van der Waals surface area contributed by atoms with Gasteiger partial charge in [-0.05, 0) is 18.6 Å². The molecule has 0 saturated carbocycles. The van der Waals surface area contributed by atoms with Gasteiger partial charge in [0, 0.05) is 0 Å². The van der Waals surface area contributed by atoms with Gasteiger partial charge in [0.15, 0.2) is 0 Å². The Morgan fingerprint density at radius 1 is 1.00 bits per heavy atom. The Labute approximate surface area is 122 Å². The highest BCUT2D eigenvalue weighted by atomic mass is 16.9. The van der Waals surface area contributed by atoms with Gasteiger partial charge in [-0.2, -0.15) is 0 Å². The van der Waals surface area contributed by atoms with Crippen LogP contribution in [0.4, 0.5) is 11.4 Å². The van der Waals surface area contributed by atoms with E-state index in [2.05, 4.69) is 6.92 Å². The first-order valence-electron chi connectivity index (χ1n) is 6.65. The van der Waals surface area contributed by atoms with E-state index < -0.39 is 21.2 Å². The lowest BCUT2D eigenvalue weighted by atomic mass is 10.2. The fourth-order valence-electron chi connectivity index (χ4n) is 1.89. The molecule has 0 atom stereocenters. The number of unbranched alkanes of at least 4 members (excludes halogenated alkanes) is 3. The molecule has 0 aromatic heterocycles. The second kappa shape index (κ2) is 8.03. The Morgan fingerprint density at radius 3 is 2.10 bits per heavy atom. The minimum atomic E-state index is -0.832. The molecule has 0 fully saturated rings. The third-order valence-electron chi connectivity index (χ3n) is 2.92. The monoisotopic (exact) mass is 299 g/mol. The average molecular weight is 299 g/mol. The fraction of sp³-hybridized carbons (Fsp3) is 0.538. The Balaban J connectivity index is 3.01. The van der Waals surface area contributed by atoms with Crippen molar-refractivity contribution in [2.45, 2.75) is 32.6 Å². The number of hydrogen-bond donors (Lipinski definition) is 0. The van der Waals surface area contributed by atoms with Gasteiger partial charge >= 0.3 is 11.4 Å². The molecule has 0 spiro atoms. The summed E-state index contributed by atoms with van der Waals surface area (Å²) in [5.74, 6) is -0.269. The molecule has 0 amide bonds. The summed E-state index contributed by atoms with van der Waals surface area (Å²) in [5.41, 5.74) is -1.36. The molecule has 0 N–H and O–H groups in total. The highest BCUT2D eigenvalue weighted by Gasteiger charge is 2.34. The number of nitro benzene ring substituents is 2. The molecule has 0 unspecified atom stereocenters. The van der Waals surface area contributed by atoms with Gasteiger partial charge < -0.3 is 9.47 Å². The summed E-state index contributed by atoms with van der Waals surface area (Å²) < 4.78 is 10.1. The zero-order valence-electron chi connectivity index (χ0n) is 12.0. The first kappa shape index (κ1) is 16.7. The van der Waals surface area contributed by atoms with Crippen LogP contribution in [0.2, 0.25) is 0 Å². The number of ether oxygens (including phenoxy) is 2. The maximum atomic E-state index is 11.1. The minimum Gasteiger partial charge on any atom is -0.490 e. The number of methoxy groups -OCH3 is 1. The standard InChI is InChI=1S/C13H18N2O6/c1-3-4-5-6-9-21-11-8-7-10(20-2)12(14(16)17)13(11)15(18)19/h7-8H,3-6,9H2,1-2H3/i15+1. The van der Waals surface area contributed by atoms with Crippen LogP contribution in [0.3, 0.4) is 0 Å². The normalized spacial score (nSPS) is 10.2. The zero-order chi connectivity index (χ0) is 15.8. The van der Waals surface area contributed by atoms with E-state index in [1.807, 2.05) is 0 Å². The first-order valence-corrected chi connectivity index (χ1v) is 6.65. The maximum Gasteiger partial charge on any atom is 0.391 e. The van der Waals surface area contributed by atoms with Crippen LogP contribution < -0.4 is 9.47 Å². The smallest absolute Gasteiger partial charge is 0.391 e. The summed E-state index contributed by atoms with van der Waals surface area (Å²) in [6.07, 6.45) is 3.80. The number of benzene rings is 1. The summed E-state index contributed by atoms with van der Waals surface area (Å²) in [5, 5.41) is 22.2. The average Bonchev–Trinajstić information content (AvgIpc) is 2.45. The van der Waals surface area contributed by atoms with Crippen LogP contribution in [0.1, 0.15) is 32.6 Å². The lowest BCUT2D eigenvalue weighted by Crippen LogP contribution is -2.04. The van der Waals surface area contributed by atoms with Crippen LogP contribution in [-0.4, -0.2) is 23.6 Å². The molecule has 1 aromatic rings. The van der Waals surface area contributed by atoms with Gasteiger partial charge in [0.1, 0.15) is 0 Å². The molecule has 8 nitrogen and oxygen atoms in total. The van der Waals surface area contributed by atoms with Crippen LogP contribution in [0.25, 0.3) is 0 Å². The van der Waals surface area contributed by atoms with Crippen LogP contribution in [0, 0.1) is 20.2 Å². The number of hydrogen-bond acceptors (Lipinski definition) is 6. The van der Waals surface area contributed by atoms with Gasteiger partial charge in [-0.3, -0.25) is 20.2 Å². The van der Waals surface area contributed by atoms with Gasteiger partial charge in [-0.25, -0.2) is 0 Å². The molecule has 0 heterocycles. The molecule has 116 valence electrons. The number of rotatable bonds is 9. The Bertz CT molecular complexity index is 518. The highest BCUT2D eigenvalue weighted by molar-refractivity contribution is 5.68. The third kappa shape index (κ3) is 4.30. The molecule has 21 heavy (non-hydrogen) atoms. The highest BCUT2D eigenvalue weighted by Crippen LogP contribution is 2.43. The number of nitrogens with zero attached hydrogens (tertiary/aromatic N) is 2. The summed E-state index contributed by atoms with van der Waals surface area (Å²) in [6.45, 7) is 2.35. The molecule has 8 heteroatoms. The van der Waals surface area contributed by atoms with Gasteiger partial charge in [0.25, 0.3) is 0 Å². The predicted molar refractivity (Wildman–Crippen MR) is 75.9 cm³/mol. The minimum absolute atomic E-state index is 0.107. The predicted octanol–water partition coefficient (Wildman–Crippen LogP) is 3.47. The maximum absolute atomic E-state index is 11.1. The largest absolute Gasteiger partial charge is 0.490 e. The van der Waals surface area contributed by atoms with E-state index in [1.54, 1.807) is 0 Å². The van der Waals surface area contributed by atoms with Gasteiger partial charge in [0.2, 0.25) is 11.5 Å². The molecule has 0 radical (unpaired) electrons. The van der Waals surface area contributed by atoms with Crippen molar-refractivity contribution in [3.05, 3.63) is 32.4 Å². The molecular formula is C13H18N2O6. The third-order valence-corrected chi connectivity index (χ3v) is 2.92. The van der Waals surface area contributed by atoms with Crippen LogP contribution >= 0.6 is 0 Å². The molecule has 1 aromatic carbocycles. The topological polar surface area (TPSA) is 105 Å². The van der Waals surface area contributed by atoms with Gasteiger partial charge in [0.05, 0.1) is 23.6 Å². The first-order chi connectivity index (χ1) is 10.0. The molecule has 0 aliphatic rings. The Kier molecular flexibility index (Phi) is 6.38. The van der Waals surface area contributed by atoms with Crippen molar-refractivity contribution in [2.24, 2.45) is 0 Å². The molecule has 0 bridgehead atoms. The van der Waals surface area contributed by atoms with Crippen LogP contribution in [0.5, 0.6) is 11.5 Å². The van der Waals surface area contributed by atoms with E-state index in [0.717, 1.165) is 25.7 Å². The number of nitro groups is 2. The second-order valence-electron chi connectivity index (χ2n) is 4.39.